The highest BCUT2D eigenvalue weighted by molar-refractivity contribution is 6.46. The van der Waals surface area contributed by atoms with Gasteiger partial charge in [-0.1, -0.05) is 42.5 Å². The van der Waals surface area contributed by atoms with Crippen molar-refractivity contribution in [2.24, 2.45) is 0 Å². The largest absolute Gasteiger partial charge is 0.507 e. The maximum Gasteiger partial charge on any atom is 0.295 e. The van der Waals surface area contributed by atoms with E-state index in [1.165, 1.54) is 23.1 Å². The van der Waals surface area contributed by atoms with Gasteiger partial charge in [0.25, 0.3) is 17.4 Å². The Morgan fingerprint density at radius 3 is 2.46 bits per heavy atom. The van der Waals surface area contributed by atoms with Crippen LogP contribution in [-0.4, -0.2) is 58.7 Å². The zero-order valence-electron chi connectivity index (χ0n) is 22.2. The Morgan fingerprint density at radius 1 is 1.05 bits per heavy atom. The molecule has 1 amide bonds. The number of aliphatic hydroxyl groups excluding tert-OH is 1. The molecule has 0 saturated carbocycles. The lowest BCUT2D eigenvalue weighted by Crippen LogP contribution is -2.32. The molecule has 0 radical (unpaired) electrons. The third-order valence-electron chi connectivity index (χ3n) is 6.63. The van der Waals surface area contributed by atoms with E-state index in [1.807, 2.05) is 56.3 Å². The van der Waals surface area contributed by atoms with E-state index in [0.29, 0.717) is 36.4 Å². The molecule has 4 rings (SSSR count). The average Bonchev–Trinajstić information content (AvgIpc) is 3.17. The van der Waals surface area contributed by atoms with Crippen molar-refractivity contribution in [1.82, 2.24) is 9.80 Å². The molecule has 0 unspecified atom stereocenters. The highest BCUT2D eigenvalue weighted by Gasteiger charge is 2.46. The minimum absolute atomic E-state index is 0.0947. The SMILES string of the molecule is Cc1cc(C(O)=C2C(=O)C(=O)N(CCCN(C)C)[C@H]2c2cccc([N+](=O)[O-])c2)ccc1OCc1ccccc1. The van der Waals surface area contributed by atoms with E-state index < -0.39 is 22.7 Å². The number of non-ortho nitro benzene ring substituents is 1. The van der Waals surface area contributed by atoms with Crippen LogP contribution in [0.1, 0.15) is 34.7 Å². The van der Waals surface area contributed by atoms with Gasteiger partial charge in [-0.2, -0.15) is 0 Å². The maximum absolute atomic E-state index is 13.3. The minimum atomic E-state index is -0.957. The molecule has 0 spiro atoms. The lowest BCUT2D eigenvalue weighted by Gasteiger charge is -2.26. The number of carbonyl (C=O) groups is 2. The van der Waals surface area contributed by atoms with E-state index in [0.717, 1.165) is 11.1 Å². The van der Waals surface area contributed by atoms with Gasteiger partial charge in [0, 0.05) is 24.2 Å². The van der Waals surface area contributed by atoms with Gasteiger partial charge in [0.15, 0.2) is 0 Å². The van der Waals surface area contributed by atoms with Crippen LogP contribution in [0, 0.1) is 17.0 Å². The van der Waals surface area contributed by atoms with Crippen LogP contribution in [0.15, 0.2) is 78.4 Å². The number of nitro benzene ring substituents is 1. The molecule has 0 bridgehead atoms. The number of ketones is 1. The Bertz CT molecular complexity index is 1420. The molecule has 1 atom stereocenters. The standard InChI is InChI=1S/C30H31N3O6/c1-20-17-23(13-14-25(20)39-19-21-9-5-4-6-10-21)28(34)26-27(22-11-7-12-24(18-22)33(37)38)32(30(36)29(26)35)16-8-15-31(2)3/h4-7,9-14,17-18,27,34H,8,15-16,19H2,1-3H3/t27-/m0/s1. The number of nitro groups is 1. The van der Waals surface area contributed by atoms with Crippen molar-refractivity contribution in [2.75, 3.05) is 27.2 Å². The summed E-state index contributed by atoms with van der Waals surface area (Å²) in [6.07, 6.45) is 0.581. The Morgan fingerprint density at radius 2 is 1.79 bits per heavy atom. The molecule has 0 aromatic heterocycles. The van der Waals surface area contributed by atoms with Crippen LogP contribution in [0.25, 0.3) is 5.76 Å². The van der Waals surface area contributed by atoms with E-state index >= 15 is 0 Å². The number of carbonyl (C=O) groups excluding carboxylic acids is 2. The first-order chi connectivity index (χ1) is 18.7. The molecule has 202 valence electrons. The first kappa shape index (κ1) is 27.5. The molecule has 0 aliphatic carbocycles. The van der Waals surface area contributed by atoms with Gasteiger partial charge in [0.1, 0.15) is 18.1 Å². The first-order valence-corrected chi connectivity index (χ1v) is 12.6. The number of hydrogen-bond donors (Lipinski definition) is 1. The van der Waals surface area contributed by atoms with Gasteiger partial charge in [-0.25, -0.2) is 0 Å². The van der Waals surface area contributed by atoms with E-state index in [1.54, 1.807) is 24.3 Å². The van der Waals surface area contributed by atoms with Crippen molar-refractivity contribution in [3.05, 3.63) is 111 Å². The Balaban J connectivity index is 1.71. The Hall–Kier alpha value is -4.50. The van der Waals surface area contributed by atoms with Crippen molar-refractivity contribution in [2.45, 2.75) is 26.0 Å². The summed E-state index contributed by atoms with van der Waals surface area (Å²) in [5, 5.41) is 22.8. The number of amides is 1. The topological polar surface area (TPSA) is 113 Å². The molecule has 3 aromatic rings. The molecule has 1 saturated heterocycles. The third kappa shape index (κ3) is 6.15. The normalized spacial score (nSPS) is 16.6. The van der Waals surface area contributed by atoms with Crippen LogP contribution >= 0.6 is 0 Å². The highest BCUT2D eigenvalue weighted by atomic mass is 16.6. The fourth-order valence-corrected chi connectivity index (χ4v) is 4.67. The van der Waals surface area contributed by atoms with Crippen molar-refractivity contribution in [3.63, 3.8) is 0 Å². The van der Waals surface area contributed by atoms with Crippen LogP contribution in [0.4, 0.5) is 5.69 Å². The van der Waals surface area contributed by atoms with Gasteiger partial charge in [-0.05, 0) is 68.9 Å². The summed E-state index contributed by atoms with van der Waals surface area (Å²) in [6.45, 7) is 3.12. The zero-order chi connectivity index (χ0) is 28.1. The quantitative estimate of drug-likeness (QED) is 0.131. The fourth-order valence-electron chi connectivity index (χ4n) is 4.67. The minimum Gasteiger partial charge on any atom is -0.507 e. The summed E-state index contributed by atoms with van der Waals surface area (Å²) in [6, 6.07) is 19.6. The number of hydrogen-bond acceptors (Lipinski definition) is 7. The molecule has 1 fully saturated rings. The molecular weight excluding hydrogens is 498 g/mol. The van der Waals surface area contributed by atoms with Crippen molar-refractivity contribution in [1.29, 1.82) is 0 Å². The van der Waals surface area contributed by atoms with E-state index in [9.17, 15) is 24.8 Å². The first-order valence-electron chi connectivity index (χ1n) is 12.6. The Labute approximate surface area is 227 Å². The zero-order valence-corrected chi connectivity index (χ0v) is 22.2. The molecule has 1 N–H and O–H groups in total. The predicted octanol–water partition coefficient (Wildman–Crippen LogP) is 4.86. The number of aryl methyl sites for hydroxylation is 1. The summed E-state index contributed by atoms with van der Waals surface area (Å²) in [4.78, 5) is 40.7. The molecule has 9 nitrogen and oxygen atoms in total. The van der Waals surface area contributed by atoms with Crippen LogP contribution in [0.2, 0.25) is 0 Å². The smallest absolute Gasteiger partial charge is 0.295 e. The number of nitrogens with zero attached hydrogens (tertiary/aromatic N) is 3. The van der Waals surface area contributed by atoms with E-state index in [-0.39, 0.29) is 23.6 Å². The maximum atomic E-state index is 13.3. The summed E-state index contributed by atoms with van der Waals surface area (Å²) >= 11 is 0. The Kier molecular flexibility index (Phi) is 8.41. The summed E-state index contributed by atoms with van der Waals surface area (Å²) < 4.78 is 5.93. The summed E-state index contributed by atoms with van der Waals surface area (Å²) in [5.74, 6) is -1.28. The highest BCUT2D eigenvalue weighted by Crippen LogP contribution is 2.40. The monoisotopic (exact) mass is 529 g/mol. The van der Waals surface area contributed by atoms with Crippen molar-refractivity contribution >= 4 is 23.1 Å². The second-order valence-corrected chi connectivity index (χ2v) is 9.76. The fraction of sp³-hybridized carbons (Fsp3) is 0.267. The lowest BCUT2D eigenvalue weighted by molar-refractivity contribution is -0.384. The second-order valence-electron chi connectivity index (χ2n) is 9.76. The summed E-state index contributed by atoms with van der Waals surface area (Å²) in [7, 11) is 3.81. The number of rotatable bonds is 10. The molecule has 9 heteroatoms. The lowest BCUT2D eigenvalue weighted by atomic mass is 9.94. The van der Waals surface area contributed by atoms with Gasteiger partial charge >= 0.3 is 0 Å². The van der Waals surface area contributed by atoms with Crippen LogP contribution in [0.5, 0.6) is 5.75 Å². The summed E-state index contributed by atoms with van der Waals surface area (Å²) in [5.41, 5.74) is 2.22. The number of Topliss-reactive ketones (excluding diaryl/α,β-unsaturated/α-hetero) is 1. The van der Waals surface area contributed by atoms with Gasteiger partial charge in [-0.3, -0.25) is 19.7 Å². The second kappa shape index (κ2) is 11.9. The molecule has 39 heavy (non-hydrogen) atoms. The molecule has 1 aliphatic heterocycles. The van der Waals surface area contributed by atoms with Crippen LogP contribution in [-0.2, 0) is 16.2 Å². The molecule has 1 heterocycles. The molecule has 1 aliphatic rings. The van der Waals surface area contributed by atoms with E-state index in [2.05, 4.69) is 0 Å². The van der Waals surface area contributed by atoms with Gasteiger partial charge < -0.3 is 19.6 Å². The average molecular weight is 530 g/mol. The van der Waals surface area contributed by atoms with Gasteiger partial charge in [-0.15, -0.1) is 0 Å². The predicted molar refractivity (Wildman–Crippen MR) is 147 cm³/mol. The number of ether oxygens (including phenoxy) is 1. The van der Waals surface area contributed by atoms with Crippen molar-refractivity contribution in [3.8, 4) is 5.75 Å². The van der Waals surface area contributed by atoms with Crippen molar-refractivity contribution < 1.29 is 24.4 Å². The van der Waals surface area contributed by atoms with E-state index in [4.69, 9.17) is 4.74 Å². The van der Waals surface area contributed by atoms with Gasteiger partial charge in [0.05, 0.1) is 16.5 Å². The van der Waals surface area contributed by atoms with Gasteiger partial charge in [0.2, 0.25) is 0 Å². The van der Waals surface area contributed by atoms with Crippen LogP contribution < -0.4 is 4.74 Å². The number of benzene rings is 3. The van der Waals surface area contributed by atoms with Crippen LogP contribution in [0.3, 0.4) is 0 Å². The molecular formula is C30H31N3O6. The molecule has 3 aromatic carbocycles. The number of aliphatic hydroxyl groups is 1. The third-order valence-corrected chi connectivity index (χ3v) is 6.63. The number of likely N-dealkylation sites (tertiary alicyclic amines) is 1.